The van der Waals surface area contributed by atoms with E-state index in [4.69, 9.17) is 0 Å². The number of aryl methyl sites for hydroxylation is 2. The monoisotopic (exact) mass is 335 g/mol. The topological polar surface area (TPSA) is 74.8 Å². The molecule has 2 N–H and O–H groups in total. The predicted molar refractivity (Wildman–Crippen MR) is 73.3 cm³/mol. The summed E-state index contributed by atoms with van der Waals surface area (Å²) in [7, 11) is -3.45. The fourth-order valence-corrected chi connectivity index (χ4v) is 4.51. The van der Waals surface area contributed by atoms with Crippen LogP contribution in [-0.2, 0) is 10.0 Å². The second-order valence-corrected chi connectivity index (χ2v) is 7.52. The summed E-state index contributed by atoms with van der Waals surface area (Å²) in [5.74, 6) is 0. The first kappa shape index (κ1) is 14.0. The molecule has 1 heterocycles. The Bertz CT molecular complexity index is 515. The second-order valence-electron chi connectivity index (χ2n) is 5.03. The first-order chi connectivity index (χ1) is 8.40. The van der Waals surface area contributed by atoms with Crippen LogP contribution in [0.1, 0.15) is 30.7 Å². The number of sulfonamides is 1. The summed E-state index contributed by atoms with van der Waals surface area (Å²) < 4.78 is 27.2. The molecule has 1 saturated carbocycles. The molecule has 1 aliphatic carbocycles. The van der Waals surface area contributed by atoms with Crippen LogP contribution in [0.25, 0.3) is 0 Å². The summed E-state index contributed by atoms with van der Waals surface area (Å²) in [5, 5.41) is 7.55. The molecule has 1 fully saturated rings. The highest BCUT2D eigenvalue weighted by atomic mass is 79.9. The van der Waals surface area contributed by atoms with Gasteiger partial charge in [0.2, 0.25) is 10.0 Å². The zero-order valence-electron chi connectivity index (χ0n) is 10.6. The number of hydrogen-bond donors (Lipinski definition) is 2. The fourth-order valence-electron chi connectivity index (χ4n) is 2.15. The number of hydrogen-bond acceptors (Lipinski definition) is 3. The Morgan fingerprint density at radius 3 is 2.56 bits per heavy atom. The van der Waals surface area contributed by atoms with Gasteiger partial charge >= 0.3 is 0 Å². The van der Waals surface area contributed by atoms with Crippen LogP contribution in [0.5, 0.6) is 0 Å². The third-order valence-electron chi connectivity index (χ3n) is 3.55. The van der Waals surface area contributed by atoms with Gasteiger partial charge in [0.25, 0.3) is 0 Å². The molecule has 0 atom stereocenters. The summed E-state index contributed by atoms with van der Waals surface area (Å²) in [6, 6.07) is 0. The average molecular weight is 336 g/mol. The van der Waals surface area contributed by atoms with Crippen molar-refractivity contribution in [3.8, 4) is 0 Å². The summed E-state index contributed by atoms with van der Waals surface area (Å²) in [4.78, 5) is 0.289. The Morgan fingerprint density at radius 2 is 2.11 bits per heavy atom. The van der Waals surface area contributed by atoms with Crippen LogP contribution in [0, 0.1) is 19.3 Å². The number of aromatic nitrogens is 2. The second kappa shape index (κ2) is 4.94. The minimum atomic E-state index is -3.45. The lowest BCUT2D eigenvalue weighted by Crippen LogP contribution is -2.31. The lowest BCUT2D eigenvalue weighted by Gasteiger charge is -2.14. The summed E-state index contributed by atoms with van der Waals surface area (Å²) in [6.45, 7) is 3.94. The highest BCUT2D eigenvalue weighted by molar-refractivity contribution is 9.09. The molecule has 1 aromatic heterocycles. The van der Waals surface area contributed by atoms with Crippen LogP contribution in [-0.4, -0.2) is 30.5 Å². The number of nitrogens with zero attached hydrogens (tertiary/aromatic N) is 1. The molecule has 0 aliphatic heterocycles. The number of rotatable bonds is 6. The average Bonchev–Trinajstić information content (AvgIpc) is 2.97. The first-order valence-corrected chi connectivity index (χ1v) is 8.58. The van der Waals surface area contributed by atoms with E-state index in [9.17, 15) is 8.42 Å². The standard InChI is InChI=1S/C11H18BrN3O2S/c1-8-10(9(2)15-14-8)18(16,17)13-7-11(3-4-11)5-6-12/h13H,3-7H2,1-2H3,(H,14,15). The van der Waals surface area contributed by atoms with Crippen molar-refractivity contribution in [2.45, 2.75) is 38.0 Å². The zero-order chi connectivity index (χ0) is 13.4. The van der Waals surface area contributed by atoms with Gasteiger partial charge in [0.05, 0.1) is 11.4 Å². The number of halogens is 1. The fraction of sp³-hybridized carbons (Fsp3) is 0.727. The van der Waals surface area contributed by atoms with Crippen LogP contribution in [0.15, 0.2) is 4.90 Å². The number of nitrogens with one attached hydrogen (secondary N) is 2. The van der Waals surface area contributed by atoms with Crippen molar-refractivity contribution in [1.82, 2.24) is 14.9 Å². The molecule has 0 unspecified atom stereocenters. The molecular weight excluding hydrogens is 318 g/mol. The van der Waals surface area contributed by atoms with Crippen molar-refractivity contribution in [2.75, 3.05) is 11.9 Å². The Balaban J connectivity index is 2.09. The maximum atomic E-state index is 12.2. The van der Waals surface area contributed by atoms with E-state index < -0.39 is 10.0 Å². The van der Waals surface area contributed by atoms with Crippen molar-refractivity contribution in [3.05, 3.63) is 11.4 Å². The third kappa shape index (κ3) is 2.78. The van der Waals surface area contributed by atoms with E-state index in [1.54, 1.807) is 13.8 Å². The van der Waals surface area contributed by atoms with Gasteiger partial charge in [-0.3, -0.25) is 5.10 Å². The van der Waals surface area contributed by atoms with Crippen LogP contribution in [0.2, 0.25) is 0 Å². The molecule has 18 heavy (non-hydrogen) atoms. The SMILES string of the molecule is Cc1n[nH]c(C)c1S(=O)(=O)NCC1(CCBr)CC1. The van der Waals surface area contributed by atoms with E-state index in [1.807, 2.05) is 0 Å². The Kier molecular flexibility index (Phi) is 3.85. The van der Waals surface area contributed by atoms with Gasteiger partial charge in [-0.2, -0.15) is 5.10 Å². The van der Waals surface area contributed by atoms with Crippen molar-refractivity contribution < 1.29 is 8.42 Å². The van der Waals surface area contributed by atoms with Crippen LogP contribution in [0.3, 0.4) is 0 Å². The number of aromatic amines is 1. The molecule has 1 aromatic rings. The van der Waals surface area contributed by atoms with Crippen molar-refractivity contribution in [3.63, 3.8) is 0 Å². The molecule has 0 saturated heterocycles. The van der Waals surface area contributed by atoms with Gasteiger partial charge in [-0.05, 0) is 38.5 Å². The minimum absolute atomic E-state index is 0.169. The van der Waals surface area contributed by atoms with E-state index >= 15 is 0 Å². The highest BCUT2D eigenvalue weighted by Gasteiger charge is 2.42. The molecular formula is C11H18BrN3O2S. The first-order valence-electron chi connectivity index (χ1n) is 5.97. The van der Waals surface area contributed by atoms with Gasteiger partial charge in [0.15, 0.2) is 0 Å². The van der Waals surface area contributed by atoms with Gasteiger partial charge in [0, 0.05) is 11.9 Å². The largest absolute Gasteiger partial charge is 0.281 e. The zero-order valence-corrected chi connectivity index (χ0v) is 13.0. The quantitative estimate of drug-likeness (QED) is 0.779. The van der Waals surface area contributed by atoms with Gasteiger partial charge in [-0.15, -0.1) is 0 Å². The molecule has 102 valence electrons. The van der Waals surface area contributed by atoms with Gasteiger partial charge < -0.3 is 0 Å². The molecule has 0 aromatic carbocycles. The van der Waals surface area contributed by atoms with E-state index in [1.165, 1.54) is 0 Å². The maximum absolute atomic E-state index is 12.2. The van der Waals surface area contributed by atoms with Crippen LogP contribution >= 0.6 is 15.9 Å². The van der Waals surface area contributed by atoms with Crippen LogP contribution < -0.4 is 4.72 Å². The lowest BCUT2D eigenvalue weighted by atomic mass is 10.1. The predicted octanol–water partition coefficient (Wildman–Crippen LogP) is 1.87. The van der Waals surface area contributed by atoms with Crippen molar-refractivity contribution in [1.29, 1.82) is 0 Å². The summed E-state index contributed by atoms with van der Waals surface area (Å²) >= 11 is 3.42. The molecule has 1 aliphatic rings. The van der Waals surface area contributed by atoms with Gasteiger partial charge in [-0.25, -0.2) is 13.1 Å². The molecule has 0 radical (unpaired) electrons. The molecule has 0 amide bonds. The minimum Gasteiger partial charge on any atom is -0.281 e. The normalized spacial score (nSPS) is 17.9. The van der Waals surface area contributed by atoms with Crippen LogP contribution in [0.4, 0.5) is 0 Å². The Labute approximate surface area is 116 Å². The molecule has 5 nitrogen and oxygen atoms in total. The Hall–Kier alpha value is -0.400. The molecule has 7 heteroatoms. The highest BCUT2D eigenvalue weighted by Crippen LogP contribution is 2.48. The lowest BCUT2D eigenvalue weighted by molar-refractivity contribution is 0.480. The number of alkyl halides is 1. The van der Waals surface area contributed by atoms with Crippen molar-refractivity contribution in [2.24, 2.45) is 5.41 Å². The van der Waals surface area contributed by atoms with Gasteiger partial charge in [-0.1, -0.05) is 15.9 Å². The van der Waals surface area contributed by atoms with E-state index in [0.29, 0.717) is 17.9 Å². The number of H-pyrrole nitrogens is 1. The summed E-state index contributed by atoms with van der Waals surface area (Å²) in [6.07, 6.45) is 3.22. The summed E-state index contributed by atoms with van der Waals surface area (Å²) in [5.41, 5.74) is 1.28. The third-order valence-corrected chi connectivity index (χ3v) is 5.61. The Morgan fingerprint density at radius 1 is 1.44 bits per heavy atom. The van der Waals surface area contributed by atoms with E-state index in [2.05, 4.69) is 30.8 Å². The molecule has 0 spiro atoms. The molecule has 2 rings (SSSR count). The molecule has 0 bridgehead atoms. The maximum Gasteiger partial charge on any atom is 0.244 e. The smallest absolute Gasteiger partial charge is 0.244 e. The van der Waals surface area contributed by atoms with Gasteiger partial charge in [0.1, 0.15) is 4.90 Å². The van der Waals surface area contributed by atoms with Crippen molar-refractivity contribution >= 4 is 26.0 Å². The van der Waals surface area contributed by atoms with E-state index in [-0.39, 0.29) is 10.3 Å². The van der Waals surface area contributed by atoms with E-state index in [0.717, 1.165) is 24.6 Å².